The Morgan fingerprint density at radius 3 is 2.68 bits per heavy atom. The summed E-state index contributed by atoms with van der Waals surface area (Å²) < 4.78 is 14.4. The average molecular weight is 343 g/mol. The van der Waals surface area contributed by atoms with E-state index in [-0.39, 0.29) is 10.8 Å². The molecule has 19 heavy (non-hydrogen) atoms. The molecule has 0 fully saturated rings. The smallest absolute Gasteiger partial charge is 0.142 e. The molecule has 0 saturated carbocycles. The number of hydrogen-bond donors (Lipinski definition) is 1. The highest BCUT2D eigenvalue weighted by Gasteiger charge is 2.04. The molecule has 4 heteroatoms. The van der Waals surface area contributed by atoms with Crippen LogP contribution >= 0.6 is 27.5 Å². The number of anilines is 1. The minimum absolute atomic E-state index is 0.154. The molecule has 100 valence electrons. The van der Waals surface area contributed by atoms with Gasteiger partial charge in [-0.1, -0.05) is 40.5 Å². The lowest BCUT2D eigenvalue weighted by Crippen LogP contribution is -2.02. The van der Waals surface area contributed by atoms with Gasteiger partial charge in [-0.3, -0.25) is 0 Å². The van der Waals surface area contributed by atoms with Crippen LogP contribution in [0.1, 0.15) is 18.1 Å². The Labute approximate surface area is 125 Å². The maximum atomic E-state index is 13.3. The van der Waals surface area contributed by atoms with Gasteiger partial charge in [-0.15, -0.1) is 0 Å². The molecule has 0 bridgehead atoms. The predicted octanol–water partition coefficient (Wildman–Crippen LogP) is 5.42. The van der Waals surface area contributed by atoms with E-state index in [4.69, 9.17) is 11.6 Å². The Kier molecular flexibility index (Phi) is 4.83. The van der Waals surface area contributed by atoms with Crippen molar-refractivity contribution in [3.63, 3.8) is 0 Å². The molecule has 0 aliphatic rings. The SMILES string of the molecule is CCc1cc(Br)ccc1NCc1ccc(Cl)c(F)c1. The molecule has 0 radical (unpaired) electrons. The lowest BCUT2D eigenvalue weighted by Gasteiger charge is -2.12. The number of benzene rings is 2. The van der Waals surface area contributed by atoms with Crippen molar-refractivity contribution in [3.8, 4) is 0 Å². The molecular weight excluding hydrogens is 329 g/mol. The maximum Gasteiger partial charge on any atom is 0.142 e. The van der Waals surface area contributed by atoms with Crippen molar-refractivity contribution in [3.05, 3.63) is 62.8 Å². The predicted molar refractivity (Wildman–Crippen MR) is 82.3 cm³/mol. The first-order valence-electron chi connectivity index (χ1n) is 6.06. The van der Waals surface area contributed by atoms with Crippen molar-refractivity contribution < 1.29 is 4.39 Å². The standard InChI is InChI=1S/C15H14BrClFN/c1-2-11-8-12(16)4-6-15(11)19-9-10-3-5-13(17)14(18)7-10/h3-8,19H,2,9H2,1H3. The molecular formula is C15H14BrClFN. The Balaban J connectivity index is 2.12. The molecule has 0 saturated heterocycles. The van der Waals surface area contributed by atoms with Gasteiger partial charge in [0.15, 0.2) is 0 Å². The van der Waals surface area contributed by atoms with Gasteiger partial charge in [0.25, 0.3) is 0 Å². The molecule has 0 atom stereocenters. The molecule has 0 aliphatic heterocycles. The molecule has 2 aromatic rings. The zero-order valence-electron chi connectivity index (χ0n) is 10.5. The molecule has 1 nitrogen and oxygen atoms in total. The van der Waals surface area contributed by atoms with Gasteiger partial charge in [0.1, 0.15) is 5.82 Å². The second-order valence-electron chi connectivity index (χ2n) is 4.26. The molecule has 0 spiro atoms. The van der Waals surface area contributed by atoms with Gasteiger partial charge in [0, 0.05) is 16.7 Å². The number of aryl methyl sites for hydroxylation is 1. The van der Waals surface area contributed by atoms with Gasteiger partial charge in [-0.05, 0) is 47.9 Å². The van der Waals surface area contributed by atoms with Crippen LogP contribution in [-0.4, -0.2) is 0 Å². The van der Waals surface area contributed by atoms with Crippen molar-refractivity contribution in [1.29, 1.82) is 0 Å². The summed E-state index contributed by atoms with van der Waals surface area (Å²) in [6.07, 6.45) is 0.941. The first-order chi connectivity index (χ1) is 9.10. The van der Waals surface area contributed by atoms with Gasteiger partial charge in [0.2, 0.25) is 0 Å². The third-order valence-electron chi connectivity index (χ3n) is 2.92. The molecule has 0 aliphatic carbocycles. The fraction of sp³-hybridized carbons (Fsp3) is 0.200. The zero-order chi connectivity index (χ0) is 13.8. The summed E-state index contributed by atoms with van der Waals surface area (Å²) in [5.74, 6) is -0.382. The summed E-state index contributed by atoms with van der Waals surface area (Å²) in [7, 11) is 0. The minimum atomic E-state index is -0.382. The Morgan fingerprint density at radius 1 is 1.21 bits per heavy atom. The first kappa shape index (κ1) is 14.4. The average Bonchev–Trinajstić information content (AvgIpc) is 2.41. The van der Waals surface area contributed by atoms with E-state index in [0.717, 1.165) is 22.1 Å². The van der Waals surface area contributed by atoms with Gasteiger partial charge in [-0.25, -0.2) is 4.39 Å². The number of nitrogens with one attached hydrogen (secondary N) is 1. The first-order valence-corrected chi connectivity index (χ1v) is 7.23. The Bertz CT molecular complexity index is 586. The summed E-state index contributed by atoms with van der Waals surface area (Å²) >= 11 is 9.12. The molecule has 2 aromatic carbocycles. The fourth-order valence-electron chi connectivity index (χ4n) is 1.87. The third kappa shape index (κ3) is 3.71. The number of hydrogen-bond acceptors (Lipinski definition) is 1. The van der Waals surface area contributed by atoms with E-state index in [0.29, 0.717) is 6.54 Å². The van der Waals surface area contributed by atoms with Crippen molar-refractivity contribution >= 4 is 33.2 Å². The van der Waals surface area contributed by atoms with E-state index in [9.17, 15) is 4.39 Å². The molecule has 0 aromatic heterocycles. The minimum Gasteiger partial charge on any atom is -0.381 e. The Hall–Kier alpha value is -1.06. The largest absolute Gasteiger partial charge is 0.381 e. The lowest BCUT2D eigenvalue weighted by molar-refractivity contribution is 0.626. The maximum absolute atomic E-state index is 13.3. The zero-order valence-corrected chi connectivity index (χ0v) is 12.9. The fourth-order valence-corrected chi connectivity index (χ4v) is 2.40. The normalized spacial score (nSPS) is 10.5. The highest BCUT2D eigenvalue weighted by molar-refractivity contribution is 9.10. The summed E-state index contributed by atoms with van der Waals surface area (Å²) in [6, 6.07) is 11.0. The van der Waals surface area contributed by atoms with Gasteiger partial charge in [0.05, 0.1) is 5.02 Å². The highest BCUT2D eigenvalue weighted by Crippen LogP contribution is 2.23. The van der Waals surface area contributed by atoms with Crippen molar-refractivity contribution in [2.45, 2.75) is 19.9 Å². The molecule has 0 heterocycles. The van der Waals surface area contributed by atoms with E-state index in [1.807, 2.05) is 18.2 Å². The Morgan fingerprint density at radius 2 is 2.00 bits per heavy atom. The van der Waals surface area contributed by atoms with Gasteiger partial charge >= 0.3 is 0 Å². The number of halogens is 3. The summed E-state index contributed by atoms with van der Waals surface area (Å²) in [4.78, 5) is 0. The summed E-state index contributed by atoms with van der Waals surface area (Å²) in [5.41, 5.74) is 3.16. The van der Waals surface area contributed by atoms with Crippen molar-refractivity contribution in [2.24, 2.45) is 0 Å². The second-order valence-corrected chi connectivity index (χ2v) is 5.58. The van der Waals surface area contributed by atoms with Crippen LogP contribution in [0.3, 0.4) is 0 Å². The van der Waals surface area contributed by atoms with E-state index in [1.54, 1.807) is 6.07 Å². The molecule has 1 N–H and O–H groups in total. The van der Waals surface area contributed by atoms with Crippen LogP contribution in [0.25, 0.3) is 0 Å². The topological polar surface area (TPSA) is 12.0 Å². The van der Waals surface area contributed by atoms with Crippen LogP contribution < -0.4 is 5.32 Å². The van der Waals surface area contributed by atoms with E-state index in [1.165, 1.54) is 11.6 Å². The second kappa shape index (κ2) is 6.40. The van der Waals surface area contributed by atoms with Crippen LogP contribution in [0, 0.1) is 5.82 Å². The quantitative estimate of drug-likeness (QED) is 0.782. The van der Waals surface area contributed by atoms with E-state index >= 15 is 0 Å². The van der Waals surface area contributed by atoms with E-state index in [2.05, 4.69) is 34.2 Å². The lowest BCUT2D eigenvalue weighted by atomic mass is 10.1. The van der Waals surface area contributed by atoms with Crippen LogP contribution in [0.2, 0.25) is 5.02 Å². The molecule has 2 rings (SSSR count). The van der Waals surface area contributed by atoms with Crippen molar-refractivity contribution in [2.75, 3.05) is 5.32 Å². The molecule has 0 amide bonds. The van der Waals surface area contributed by atoms with Gasteiger partial charge < -0.3 is 5.32 Å². The summed E-state index contributed by atoms with van der Waals surface area (Å²) in [5, 5.41) is 3.48. The van der Waals surface area contributed by atoms with Gasteiger partial charge in [-0.2, -0.15) is 0 Å². The molecule has 0 unspecified atom stereocenters. The third-order valence-corrected chi connectivity index (χ3v) is 3.71. The van der Waals surface area contributed by atoms with Crippen LogP contribution in [0.15, 0.2) is 40.9 Å². The summed E-state index contributed by atoms with van der Waals surface area (Å²) in [6.45, 7) is 2.68. The van der Waals surface area contributed by atoms with E-state index < -0.39 is 0 Å². The highest BCUT2D eigenvalue weighted by atomic mass is 79.9. The number of rotatable bonds is 4. The van der Waals surface area contributed by atoms with Crippen LogP contribution in [0.5, 0.6) is 0 Å². The monoisotopic (exact) mass is 341 g/mol. The van der Waals surface area contributed by atoms with Crippen LogP contribution in [-0.2, 0) is 13.0 Å². The van der Waals surface area contributed by atoms with Crippen molar-refractivity contribution in [1.82, 2.24) is 0 Å². The van der Waals surface area contributed by atoms with Crippen LogP contribution in [0.4, 0.5) is 10.1 Å².